The Labute approximate surface area is 124 Å². The molecule has 20 heavy (non-hydrogen) atoms. The summed E-state index contributed by atoms with van der Waals surface area (Å²) < 4.78 is 0. The topological polar surface area (TPSA) is 41.1 Å². The quantitative estimate of drug-likeness (QED) is 0.834. The summed E-state index contributed by atoms with van der Waals surface area (Å²) in [6.07, 6.45) is 8.64. The van der Waals surface area contributed by atoms with Crippen LogP contribution in [0.3, 0.4) is 0 Å². The third-order valence-corrected chi connectivity index (χ3v) is 5.26. The standard InChI is InChI=1S/C17H32N2O/c1-17(2,3)14-9-7-13(8-10-14)12-19-15-6-4-5-11-18-16(15)20/h13-15,19H,4-12H2,1-3H3,(H,18,20). The minimum Gasteiger partial charge on any atom is -0.355 e. The molecule has 0 radical (unpaired) electrons. The van der Waals surface area contributed by atoms with E-state index in [1.165, 1.54) is 25.7 Å². The number of carbonyl (C=O) groups is 1. The van der Waals surface area contributed by atoms with Crippen LogP contribution in [0.5, 0.6) is 0 Å². The van der Waals surface area contributed by atoms with Crippen molar-refractivity contribution in [1.29, 1.82) is 0 Å². The predicted octanol–water partition coefficient (Wildman–Crippen LogP) is 3.10. The van der Waals surface area contributed by atoms with Crippen LogP contribution >= 0.6 is 0 Å². The van der Waals surface area contributed by atoms with Gasteiger partial charge in [0.05, 0.1) is 6.04 Å². The van der Waals surface area contributed by atoms with Gasteiger partial charge in [0.15, 0.2) is 0 Å². The molecule has 1 heterocycles. The van der Waals surface area contributed by atoms with Gasteiger partial charge in [-0.15, -0.1) is 0 Å². The predicted molar refractivity (Wildman–Crippen MR) is 83.6 cm³/mol. The lowest BCUT2D eigenvalue weighted by molar-refractivity contribution is -0.122. The monoisotopic (exact) mass is 280 g/mol. The van der Waals surface area contributed by atoms with Crippen molar-refractivity contribution in [3.8, 4) is 0 Å². The van der Waals surface area contributed by atoms with E-state index in [1.54, 1.807) is 0 Å². The summed E-state index contributed by atoms with van der Waals surface area (Å²) in [5, 5.41) is 6.53. The number of rotatable bonds is 3. The van der Waals surface area contributed by atoms with Crippen LogP contribution in [0.4, 0.5) is 0 Å². The van der Waals surface area contributed by atoms with Crippen molar-refractivity contribution in [2.45, 2.75) is 71.8 Å². The molecule has 1 amide bonds. The van der Waals surface area contributed by atoms with E-state index in [1.807, 2.05) is 0 Å². The van der Waals surface area contributed by atoms with E-state index in [4.69, 9.17) is 0 Å². The van der Waals surface area contributed by atoms with Crippen LogP contribution in [0.1, 0.15) is 65.7 Å². The Balaban J connectivity index is 1.71. The van der Waals surface area contributed by atoms with Crippen molar-refractivity contribution >= 4 is 5.91 Å². The van der Waals surface area contributed by atoms with E-state index in [9.17, 15) is 4.79 Å². The molecule has 1 saturated carbocycles. The Bertz CT molecular complexity index is 313. The molecular formula is C17H32N2O. The second kappa shape index (κ2) is 6.93. The van der Waals surface area contributed by atoms with E-state index < -0.39 is 0 Å². The molecule has 1 aliphatic carbocycles. The molecule has 2 aliphatic rings. The Hall–Kier alpha value is -0.570. The van der Waals surface area contributed by atoms with Crippen LogP contribution in [-0.4, -0.2) is 25.0 Å². The summed E-state index contributed by atoms with van der Waals surface area (Å²) in [6.45, 7) is 8.98. The second-order valence-corrected chi connectivity index (χ2v) is 7.83. The van der Waals surface area contributed by atoms with E-state index in [2.05, 4.69) is 31.4 Å². The third-order valence-electron chi connectivity index (χ3n) is 5.26. The zero-order valence-electron chi connectivity index (χ0n) is 13.5. The molecule has 0 aromatic heterocycles. The highest BCUT2D eigenvalue weighted by atomic mass is 16.2. The number of carbonyl (C=O) groups excluding carboxylic acids is 1. The first-order valence-corrected chi connectivity index (χ1v) is 8.48. The molecule has 0 aromatic carbocycles. The van der Waals surface area contributed by atoms with Crippen molar-refractivity contribution in [1.82, 2.24) is 10.6 Å². The molecule has 0 bridgehead atoms. The molecule has 2 fully saturated rings. The highest BCUT2D eigenvalue weighted by Crippen LogP contribution is 2.39. The van der Waals surface area contributed by atoms with Gasteiger partial charge < -0.3 is 10.6 Å². The lowest BCUT2D eigenvalue weighted by Crippen LogP contribution is -2.45. The van der Waals surface area contributed by atoms with Gasteiger partial charge in [-0.3, -0.25) is 4.79 Å². The fourth-order valence-electron chi connectivity index (χ4n) is 3.68. The molecule has 116 valence electrons. The van der Waals surface area contributed by atoms with Gasteiger partial charge in [0.2, 0.25) is 5.91 Å². The number of amides is 1. The highest BCUT2D eigenvalue weighted by Gasteiger charge is 2.30. The average molecular weight is 280 g/mol. The number of hydrogen-bond acceptors (Lipinski definition) is 2. The first kappa shape index (κ1) is 15.8. The van der Waals surface area contributed by atoms with E-state index in [0.717, 1.165) is 44.2 Å². The maximum Gasteiger partial charge on any atom is 0.237 e. The molecule has 3 nitrogen and oxygen atoms in total. The van der Waals surface area contributed by atoms with Gasteiger partial charge in [-0.1, -0.05) is 20.8 Å². The third kappa shape index (κ3) is 4.47. The lowest BCUT2D eigenvalue weighted by atomic mass is 9.70. The molecule has 0 spiro atoms. The first-order valence-electron chi connectivity index (χ1n) is 8.48. The Morgan fingerprint density at radius 1 is 1.10 bits per heavy atom. The van der Waals surface area contributed by atoms with E-state index in [-0.39, 0.29) is 11.9 Å². The first-order chi connectivity index (χ1) is 9.47. The molecule has 2 rings (SSSR count). The highest BCUT2D eigenvalue weighted by molar-refractivity contribution is 5.81. The summed E-state index contributed by atoms with van der Waals surface area (Å²) >= 11 is 0. The van der Waals surface area contributed by atoms with Crippen LogP contribution in [0.15, 0.2) is 0 Å². The van der Waals surface area contributed by atoms with Gasteiger partial charge in [0.25, 0.3) is 0 Å². The Kier molecular flexibility index (Phi) is 5.48. The molecule has 0 aromatic rings. The summed E-state index contributed by atoms with van der Waals surface area (Å²) in [6, 6.07) is 0.0536. The maximum absolute atomic E-state index is 11.9. The van der Waals surface area contributed by atoms with Crippen molar-refractivity contribution in [3.05, 3.63) is 0 Å². The van der Waals surface area contributed by atoms with Crippen LogP contribution in [-0.2, 0) is 4.79 Å². The fraction of sp³-hybridized carbons (Fsp3) is 0.941. The zero-order chi connectivity index (χ0) is 14.6. The Morgan fingerprint density at radius 3 is 2.45 bits per heavy atom. The van der Waals surface area contributed by atoms with E-state index in [0.29, 0.717) is 5.41 Å². The normalized spacial score (nSPS) is 32.5. The summed E-state index contributed by atoms with van der Waals surface area (Å²) in [4.78, 5) is 11.9. The second-order valence-electron chi connectivity index (χ2n) is 7.83. The molecule has 1 saturated heterocycles. The fourth-order valence-corrected chi connectivity index (χ4v) is 3.68. The van der Waals surface area contributed by atoms with Crippen molar-refractivity contribution < 1.29 is 4.79 Å². The van der Waals surface area contributed by atoms with Gasteiger partial charge in [0.1, 0.15) is 0 Å². The van der Waals surface area contributed by atoms with Gasteiger partial charge >= 0.3 is 0 Å². The van der Waals surface area contributed by atoms with Gasteiger partial charge in [-0.05, 0) is 68.7 Å². The SMILES string of the molecule is CC(C)(C)C1CCC(CNC2CCCCNC2=O)CC1. The number of hydrogen-bond donors (Lipinski definition) is 2. The van der Waals surface area contributed by atoms with Gasteiger partial charge in [-0.2, -0.15) is 0 Å². The van der Waals surface area contributed by atoms with Crippen LogP contribution in [0, 0.1) is 17.3 Å². The molecule has 1 unspecified atom stereocenters. The summed E-state index contributed by atoms with van der Waals surface area (Å²) in [7, 11) is 0. The molecule has 1 atom stereocenters. The smallest absolute Gasteiger partial charge is 0.237 e. The summed E-state index contributed by atoms with van der Waals surface area (Å²) in [5.41, 5.74) is 0.458. The number of nitrogens with one attached hydrogen (secondary N) is 2. The zero-order valence-corrected chi connectivity index (χ0v) is 13.5. The van der Waals surface area contributed by atoms with Crippen molar-refractivity contribution in [2.24, 2.45) is 17.3 Å². The van der Waals surface area contributed by atoms with Gasteiger partial charge in [0, 0.05) is 6.54 Å². The Morgan fingerprint density at radius 2 is 1.80 bits per heavy atom. The van der Waals surface area contributed by atoms with Crippen molar-refractivity contribution in [3.63, 3.8) is 0 Å². The van der Waals surface area contributed by atoms with Crippen LogP contribution in [0.2, 0.25) is 0 Å². The largest absolute Gasteiger partial charge is 0.355 e. The van der Waals surface area contributed by atoms with Gasteiger partial charge in [-0.25, -0.2) is 0 Å². The van der Waals surface area contributed by atoms with Crippen LogP contribution < -0.4 is 10.6 Å². The minimum absolute atomic E-state index is 0.0536. The lowest BCUT2D eigenvalue weighted by Gasteiger charge is -2.37. The molecule has 1 aliphatic heterocycles. The molecular weight excluding hydrogens is 248 g/mol. The average Bonchev–Trinajstić information content (AvgIpc) is 2.61. The van der Waals surface area contributed by atoms with Crippen molar-refractivity contribution in [2.75, 3.05) is 13.1 Å². The summed E-state index contributed by atoms with van der Waals surface area (Å²) in [5.74, 6) is 1.86. The van der Waals surface area contributed by atoms with E-state index >= 15 is 0 Å². The van der Waals surface area contributed by atoms with Crippen LogP contribution in [0.25, 0.3) is 0 Å². The minimum atomic E-state index is 0.0536. The molecule has 3 heteroatoms. The maximum atomic E-state index is 11.9. The molecule has 2 N–H and O–H groups in total.